The minimum absolute atomic E-state index is 0. The summed E-state index contributed by atoms with van der Waals surface area (Å²) in [6.07, 6.45) is 3.11. The minimum atomic E-state index is 0. The molecule has 144 valence electrons. The molecule has 0 bridgehead atoms. The van der Waals surface area contributed by atoms with Crippen LogP contribution >= 0.6 is 23.7 Å². The standard InChI is InChI=1S/C17H25N5O2S.ClH/c18-7-1-6-16(23)22-11-9-21(10-12-22)8-2-5-15-19-17(20-24-15)14-4-3-13-25-14;/h3-4,13H,1-2,5-12,18H2;1H. The average molecular weight is 400 g/mol. The second-order valence-corrected chi connectivity index (χ2v) is 7.15. The summed E-state index contributed by atoms with van der Waals surface area (Å²) in [5.74, 6) is 1.60. The van der Waals surface area contributed by atoms with Gasteiger partial charge in [0.15, 0.2) is 0 Å². The van der Waals surface area contributed by atoms with Crippen LogP contribution in [0.1, 0.15) is 25.2 Å². The fourth-order valence-electron chi connectivity index (χ4n) is 2.95. The van der Waals surface area contributed by atoms with Crippen LogP contribution in [-0.4, -0.2) is 65.1 Å². The molecule has 7 nitrogen and oxygen atoms in total. The number of hydrogen-bond donors (Lipinski definition) is 1. The van der Waals surface area contributed by atoms with Crippen molar-refractivity contribution in [3.8, 4) is 10.7 Å². The number of nitrogens with two attached hydrogens (primary N) is 1. The number of piperazine rings is 1. The number of amides is 1. The van der Waals surface area contributed by atoms with E-state index in [0.717, 1.165) is 56.9 Å². The molecule has 2 N–H and O–H groups in total. The highest BCUT2D eigenvalue weighted by Gasteiger charge is 2.20. The van der Waals surface area contributed by atoms with Crippen LogP contribution in [0.5, 0.6) is 0 Å². The fraction of sp³-hybridized carbons (Fsp3) is 0.588. The average Bonchev–Trinajstić information content (AvgIpc) is 3.31. The van der Waals surface area contributed by atoms with Gasteiger partial charge in [0.2, 0.25) is 17.6 Å². The van der Waals surface area contributed by atoms with Crippen LogP contribution in [0.4, 0.5) is 0 Å². The van der Waals surface area contributed by atoms with Crippen molar-refractivity contribution in [3.63, 3.8) is 0 Å². The molecule has 1 saturated heterocycles. The van der Waals surface area contributed by atoms with E-state index < -0.39 is 0 Å². The molecule has 3 heterocycles. The predicted molar refractivity (Wildman–Crippen MR) is 104 cm³/mol. The Hall–Kier alpha value is -1.48. The first kappa shape index (κ1) is 20.8. The highest BCUT2D eigenvalue weighted by molar-refractivity contribution is 7.13. The maximum absolute atomic E-state index is 12.0. The van der Waals surface area contributed by atoms with Crippen molar-refractivity contribution in [2.45, 2.75) is 25.7 Å². The molecule has 2 aromatic rings. The Morgan fingerprint density at radius 1 is 1.27 bits per heavy atom. The number of carbonyl (C=O) groups is 1. The van der Waals surface area contributed by atoms with Crippen LogP contribution in [0.15, 0.2) is 22.0 Å². The molecule has 26 heavy (non-hydrogen) atoms. The van der Waals surface area contributed by atoms with Crippen LogP contribution < -0.4 is 5.73 Å². The number of aromatic nitrogens is 2. The molecule has 9 heteroatoms. The molecule has 0 aromatic carbocycles. The summed E-state index contributed by atoms with van der Waals surface area (Å²) in [7, 11) is 0. The summed E-state index contributed by atoms with van der Waals surface area (Å²) in [5.41, 5.74) is 5.46. The highest BCUT2D eigenvalue weighted by Crippen LogP contribution is 2.21. The lowest BCUT2D eigenvalue weighted by Crippen LogP contribution is -2.48. The maximum atomic E-state index is 12.0. The molecule has 3 rings (SSSR count). The normalized spacial score (nSPS) is 15.0. The molecule has 1 aliphatic heterocycles. The fourth-order valence-corrected chi connectivity index (χ4v) is 3.60. The van der Waals surface area contributed by atoms with Crippen molar-refractivity contribution >= 4 is 29.7 Å². The van der Waals surface area contributed by atoms with Crippen LogP contribution in [0.3, 0.4) is 0 Å². The first-order valence-corrected chi connectivity index (χ1v) is 9.71. The van der Waals surface area contributed by atoms with Crippen LogP contribution in [0.25, 0.3) is 10.7 Å². The zero-order valence-electron chi connectivity index (χ0n) is 14.8. The van der Waals surface area contributed by atoms with Crippen LogP contribution in [0, 0.1) is 0 Å². The Labute approximate surface area is 163 Å². The molecule has 1 aliphatic rings. The third kappa shape index (κ3) is 5.77. The van der Waals surface area contributed by atoms with E-state index in [1.165, 1.54) is 0 Å². The Kier molecular flexibility index (Phi) is 8.50. The number of carbonyl (C=O) groups excluding carboxylic acids is 1. The zero-order chi connectivity index (χ0) is 17.5. The number of aryl methyl sites for hydroxylation is 1. The van der Waals surface area contributed by atoms with Gasteiger partial charge in [0.1, 0.15) is 0 Å². The molecule has 2 aromatic heterocycles. The topological polar surface area (TPSA) is 88.5 Å². The van der Waals surface area contributed by atoms with Gasteiger partial charge in [-0.15, -0.1) is 23.7 Å². The lowest BCUT2D eigenvalue weighted by molar-refractivity contribution is -0.133. The van der Waals surface area contributed by atoms with Gasteiger partial charge >= 0.3 is 0 Å². The summed E-state index contributed by atoms with van der Waals surface area (Å²) in [5, 5.41) is 6.04. The SMILES string of the molecule is Cl.NCCCC(=O)N1CCN(CCCc2nc(-c3cccs3)no2)CC1. The van der Waals surface area contributed by atoms with Gasteiger partial charge in [0, 0.05) is 39.0 Å². The molecule has 0 saturated carbocycles. The first-order chi connectivity index (χ1) is 12.3. The monoisotopic (exact) mass is 399 g/mol. The Morgan fingerprint density at radius 2 is 2.08 bits per heavy atom. The van der Waals surface area contributed by atoms with E-state index in [1.807, 2.05) is 22.4 Å². The van der Waals surface area contributed by atoms with E-state index in [2.05, 4.69) is 15.0 Å². The number of thiophene rings is 1. The second kappa shape index (κ2) is 10.6. The summed E-state index contributed by atoms with van der Waals surface area (Å²) >= 11 is 1.61. The zero-order valence-corrected chi connectivity index (χ0v) is 16.4. The Morgan fingerprint density at radius 3 is 2.77 bits per heavy atom. The van der Waals surface area contributed by atoms with Gasteiger partial charge in [-0.25, -0.2) is 0 Å². The predicted octanol–water partition coefficient (Wildman–Crippen LogP) is 2.04. The van der Waals surface area contributed by atoms with Gasteiger partial charge in [-0.1, -0.05) is 11.2 Å². The molecule has 0 aliphatic carbocycles. The molecule has 0 radical (unpaired) electrons. The van der Waals surface area contributed by atoms with Crippen molar-refractivity contribution in [1.29, 1.82) is 0 Å². The largest absolute Gasteiger partial charge is 0.340 e. The van der Waals surface area contributed by atoms with E-state index in [1.54, 1.807) is 11.3 Å². The van der Waals surface area contributed by atoms with E-state index >= 15 is 0 Å². The van der Waals surface area contributed by atoms with E-state index in [4.69, 9.17) is 10.3 Å². The second-order valence-electron chi connectivity index (χ2n) is 6.21. The third-order valence-corrected chi connectivity index (χ3v) is 5.26. The lowest BCUT2D eigenvalue weighted by Gasteiger charge is -2.34. The molecule has 1 amide bonds. The first-order valence-electron chi connectivity index (χ1n) is 8.83. The van der Waals surface area contributed by atoms with Gasteiger partial charge in [-0.05, 0) is 37.4 Å². The van der Waals surface area contributed by atoms with Gasteiger partial charge in [0.05, 0.1) is 4.88 Å². The van der Waals surface area contributed by atoms with Crippen molar-refractivity contribution in [2.75, 3.05) is 39.3 Å². The Balaban J connectivity index is 0.00000243. The van der Waals surface area contributed by atoms with Crippen molar-refractivity contribution in [3.05, 3.63) is 23.4 Å². The lowest BCUT2D eigenvalue weighted by atomic mass is 10.2. The third-order valence-electron chi connectivity index (χ3n) is 4.39. The number of hydrogen-bond acceptors (Lipinski definition) is 7. The summed E-state index contributed by atoms with van der Waals surface area (Å²) < 4.78 is 5.33. The Bertz CT molecular complexity index is 656. The molecule has 0 spiro atoms. The van der Waals surface area contributed by atoms with E-state index in [-0.39, 0.29) is 18.3 Å². The summed E-state index contributed by atoms with van der Waals surface area (Å²) in [6, 6.07) is 3.98. The van der Waals surface area contributed by atoms with Crippen LogP contribution in [0.2, 0.25) is 0 Å². The van der Waals surface area contributed by atoms with Gasteiger partial charge < -0.3 is 15.2 Å². The van der Waals surface area contributed by atoms with Gasteiger partial charge in [-0.2, -0.15) is 4.98 Å². The summed E-state index contributed by atoms with van der Waals surface area (Å²) in [6.45, 7) is 5.05. The van der Waals surface area contributed by atoms with E-state index in [9.17, 15) is 4.79 Å². The number of halogens is 1. The maximum Gasteiger partial charge on any atom is 0.227 e. The number of rotatable bonds is 8. The van der Waals surface area contributed by atoms with Crippen molar-refractivity contribution in [1.82, 2.24) is 19.9 Å². The van der Waals surface area contributed by atoms with Crippen LogP contribution in [-0.2, 0) is 11.2 Å². The van der Waals surface area contributed by atoms with Gasteiger partial charge in [-0.3, -0.25) is 9.69 Å². The molecule has 1 fully saturated rings. The van der Waals surface area contributed by atoms with Gasteiger partial charge in [0.25, 0.3) is 0 Å². The quantitative estimate of drug-likeness (QED) is 0.730. The smallest absolute Gasteiger partial charge is 0.227 e. The summed E-state index contributed by atoms with van der Waals surface area (Å²) in [4.78, 5) is 21.8. The molecular weight excluding hydrogens is 374 g/mol. The molecular formula is C17H26ClN5O2S. The molecule has 0 unspecified atom stereocenters. The minimum Gasteiger partial charge on any atom is -0.340 e. The number of nitrogens with zero attached hydrogens (tertiary/aromatic N) is 4. The van der Waals surface area contributed by atoms with Crippen molar-refractivity contribution < 1.29 is 9.32 Å². The van der Waals surface area contributed by atoms with E-state index in [0.29, 0.717) is 24.7 Å². The highest BCUT2D eigenvalue weighted by atomic mass is 35.5. The molecule has 0 atom stereocenters. The van der Waals surface area contributed by atoms with Crippen molar-refractivity contribution in [2.24, 2.45) is 5.73 Å².